The first-order valence-electron chi connectivity index (χ1n) is 5.88. The summed E-state index contributed by atoms with van der Waals surface area (Å²) in [6, 6.07) is 15.5. The standard InChI is InChI=1S/C15H12N2OS/c16-12-8-9-19-14(12)15(18)17-13-7-3-5-10-4-1-2-6-11(10)13/h1-9H,16H2,(H,17,18). The second-order valence-corrected chi connectivity index (χ2v) is 5.10. The van der Waals surface area contributed by atoms with Crippen LogP contribution >= 0.6 is 11.3 Å². The molecule has 94 valence electrons. The SMILES string of the molecule is Nc1ccsc1C(=O)Nc1cccc2ccccc12. The third-order valence-corrected chi connectivity index (χ3v) is 3.87. The fourth-order valence-corrected chi connectivity index (χ4v) is 2.73. The topological polar surface area (TPSA) is 55.1 Å². The molecule has 0 radical (unpaired) electrons. The van der Waals surface area contributed by atoms with E-state index in [0.717, 1.165) is 16.5 Å². The molecule has 0 bridgehead atoms. The van der Waals surface area contributed by atoms with Crippen LogP contribution in [0.3, 0.4) is 0 Å². The lowest BCUT2D eigenvalue weighted by Crippen LogP contribution is -2.12. The Kier molecular flexibility index (Phi) is 2.93. The number of hydrogen-bond donors (Lipinski definition) is 2. The van der Waals surface area contributed by atoms with Gasteiger partial charge in [0.15, 0.2) is 0 Å². The van der Waals surface area contributed by atoms with Gasteiger partial charge in [0.25, 0.3) is 5.91 Å². The minimum atomic E-state index is -0.163. The summed E-state index contributed by atoms with van der Waals surface area (Å²) in [4.78, 5) is 12.7. The van der Waals surface area contributed by atoms with E-state index in [2.05, 4.69) is 5.32 Å². The largest absolute Gasteiger partial charge is 0.397 e. The van der Waals surface area contributed by atoms with Gasteiger partial charge in [-0.3, -0.25) is 4.79 Å². The summed E-state index contributed by atoms with van der Waals surface area (Å²) in [5, 5.41) is 6.85. The first-order valence-corrected chi connectivity index (χ1v) is 6.76. The summed E-state index contributed by atoms with van der Waals surface area (Å²) >= 11 is 1.35. The molecule has 4 heteroatoms. The van der Waals surface area contributed by atoms with Gasteiger partial charge in [0.2, 0.25) is 0 Å². The molecule has 19 heavy (non-hydrogen) atoms. The van der Waals surface area contributed by atoms with E-state index in [4.69, 9.17) is 5.73 Å². The Bertz CT molecular complexity index is 743. The zero-order valence-corrected chi connectivity index (χ0v) is 10.9. The summed E-state index contributed by atoms with van der Waals surface area (Å²) in [6.07, 6.45) is 0. The molecule has 3 aromatic rings. The maximum absolute atomic E-state index is 12.2. The molecule has 0 aliphatic rings. The van der Waals surface area contributed by atoms with E-state index in [-0.39, 0.29) is 5.91 Å². The minimum absolute atomic E-state index is 0.163. The Balaban J connectivity index is 1.98. The zero-order valence-electron chi connectivity index (χ0n) is 10.1. The van der Waals surface area contributed by atoms with Crippen LogP contribution in [-0.4, -0.2) is 5.91 Å². The Morgan fingerprint density at radius 1 is 1.05 bits per heavy atom. The molecular weight excluding hydrogens is 256 g/mol. The van der Waals surface area contributed by atoms with Crippen LogP contribution in [0.5, 0.6) is 0 Å². The van der Waals surface area contributed by atoms with E-state index in [9.17, 15) is 4.79 Å². The minimum Gasteiger partial charge on any atom is -0.397 e. The van der Waals surface area contributed by atoms with Gasteiger partial charge in [0, 0.05) is 11.1 Å². The van der Waals surface area contributed by atoms with Gasteiger partial charge < -0.3 is 11.1 Å². The van der Waals surface area contributed by atoms with E-state index >= 15 is 0 Å². The number of amides is 1. The van der Waals surface area contributed by atoms with Crippen molar-refractivity contribution >= 4 is 39.4 Å². The number of carbonyl (C=O) groups is 1. The maximum Gasteiger partial charge on any atom is 0.267 e. The first kappa shape index (κ1) is 11.7. The number of fused-ring (bicyclic) bond motifs is 1. The fraction of sp³-hybridized carbons (Fsp3) is 0. The summed E-state index contributed by atoms with van der Waals surface area (Å²) < 4.78 is 0. The lowest BCUT2D eigenvalue weighted by Gasteiger charge is -2.08. The van der Waals surface area contributed by atoms with Crippen LogP contribution in [-0.2, 0) is 0 Å². The molecule has 0 unspecified atom stereocenters. The normalized spacial score (nSPS) is 10.5. The Hall–Kier alpha value is -2.33. The summed E-state index contributed by atoms with van der Waals surface area (Å²) in [6.45, 7) is 0. The Morgan fingerprint density at radius 2 is 1.84 bits per heavy atom. The Labute approximate surface area is 114 Å². The lowest BCUT2D eigenvalue weighted by atomic mass is 10.1. The molecule has 3 N–H and O–H groups in total. The van der Waals surface area contributed by atoms with Crippen molar-refractivity contribution in [1.29, 1.82) is 0 Å². The molecule has 2 aromatic carbocycles. The molecule has 0 fully saturated rings. The van der Waals surface area contributed by atoms with E-state index in [1.54, 1.807) is 6.07 Å². The molecule has 1 amide bonds. The van der Waals surface area contributed by atoms with E-state index in [1.807, 2.05) is 47.8 Å². The molecule has 0 aliphatic heterocycles. The van der Waals surface area contributed by atoms with Crippen LogP contribution in [0.1, 0.15) is 9.67 Å². The average Bonchev–Trinajstić information content (AvgIpc) is 2.85. The van der Waals surface area contributed by atoms with Crippen molar-refractivity contribution in [1.82, 2.24) is 0 Å². The summed E-state index contributed by atoms with van der Waals surface area (Å²) in [5.74, 6) is -0.163. The van der Waals surface area contributed by atoms with Crippen LogP contribution in [0.25, 0.3) is 10.8 Å². The highest BCUT2D eigenvalue weighted by molar-refractivity contribution is 7.12. The summed E-state index contributed by atoms with van der Waals surface area (Å²) in [7, 11) is 0. The van der Waals surface area contributed by atoms with Gasteiger partial charge in [-0.1, -0.05) is 36.4 Å². The number of anilines is 2. The number of nitrogen functional groups attached to an aromatic ring is 1. The number of hydrogen-bond acceptors (Lipinski definition) is 3. The number of rotatable bonds is 2. The molecule has 0 aliphatic carbocycles. The maximum atomic E-state index is 12.2. The van der Waals surface area contributed by atoms with Gasteiger partial charge in [-0.15, -0.1) is 11.3 Å². The van der Waals surface area contributed by atoms with Crippen molar-refractivity contribution in [3.63, 3.8) is 0 Å². The molecule has 3 nitrogen and oxygen atoms in total. The van der Waals surface area contributed by atoms with Gasteiger partial charge in [-0.2, -0.15) is 0 Å². The number of carbonyl (C=O) groups excluding carboxylic acids is 1. The van der Waals surface area contributed by atoms with Crippen molar-refractivity contribution in [2.75, 3.05) is 11.1 Å². The van der Waals surface area contributed by atoms with Gasteiger partial charge >= 0.3 is 0 Å². The monoisotopic (exact) mass is 268 g/mol. The molecule has 1 aromatic heterocycles. The van der Waals surface area contributed by atoms with Gasteiger partial charge in [-0.05, 0) is 22.9 Å². The fourth-order valence-electron chi connectivity index (χ4n) is 2.02. The predicted octanol–water partition coefficient (Wildman–Crippen LogP) is 3.74. The van der Waals surface area contributed by atoms with Crippen LogP contribution in [0.15, 0.2) is 53.9 Å². The van der Waals surface area contributed by atoms with Crippen LogP contribution in [0.4, 0.5) is 11.4 Å². The van der Waals surface area contributed by atoms with Gasteiger partial charge in [0.05, 0.1) is 5.69 Å². The molecule has 0 atom stereocenters. The van der Waals surface area contributed by atoms with E-state index in [1.165, 1.54) is 11.3 Å². The van der Waals surface area contributed by atoms with E-state index < -0.39 is 0 Å². The Morgan fingerprint density at radius 3 is 2.63 bits per heavy atom. The summed E-state index contributed by atoms with van der Waals surface area (Å²) in [5.41, 5.74) is 7.08. The van der Waals surface area contributed by atoms with Gasteiger partial charge in [-0.25, -0.2) is 0 Å². The van der Waals surface area contributed by atoms with Crippen molar-refractivity contribution < 1.29 is 4.79 Å². The van der Waals surface area contributed by atoms with Crippen LogP contribution < -0.4 is 11.1 Å². The van der Waals surface area contributed by atoms with Crippen molar-refractivity contribution in [2.45, 2.75) is 0 Å². The second kappa shape index (κ2) is 4.74. The quantitative estimate of drug-likeness (QED) is 0.744. The van der Waals surface area contributed by atoms with Crippen LogP contribution in [0.2, 0.25) is 0 Å². The predicted molar refractivity (Wildman–Crippen MR) is 80.6 cm³/mol. The van der Waals surface area contributed by atoms with Crippen molar-refractivity contribution in [3.8, 4) is 0 Å². The molecule has 0 spiro atoms. The zero-order chi connectivity index (χ0) is 13.2. The first-order chi connectivity index (χ1) is 9.25. The van der Waals surface area contributed by atoms with Crippen molar-refractivity contribution in [3.05, 3.63) is 58.8 Å². The third-order valence-electron chi connectivity index (χ3n) is 2.94. The highest BCUT2D eigenvalue weighted by Crippen LogP contribution is 2.25. The van der Waals surface area contributed by atoms with Crippen molar-refractivity contribution in [2.24, 2.45) is 0 Å². The van der Waals surface area contributed by atoms with Gasteiger partial charge in [0.1, 0.15) is 4.88 Å². The number of nitrogens with one attached hydrogen (secondary N) is 1. The number of nitrogens with two attached hydrogens (primary N) is 1. The number of benzene rings is 2. The molecule has 1 heterocycles. The average molecular weight is 268 g/mol. The molecule has 0 saturated carbocycles. The molecule has 0 saturated heterocycles. The molecule has 3 rings (SSSR count). The molecular formula is C15H12N2OS. The van der Waals surface area contributed by atoms with Crippen LogP contribution in [0, 0.1) is 0 Å². The third kappa shape index (κ3) is 2.18. The smallest absolute Gasteiger partial charge is 0.267 e. The lowest BCUT2D eigenvalue weighted by molar-refractivity contribution is 0.103. The highest BCUT2D eigenvalue weighted by atomic mass is 32.1. The highest BCUT2D eigenvalue weighted by Gasteiger charge is 2.12. The second-order valence-electron chi connectivity index (χ2n) is 4.19. The number of thiophene rings is 1. The van der Waals surface area contributed by atoms with E-state index in [0.29, 0.717) is 10.6 Å².